The van der Waals surface area contributed by atoms with Crippen molar-refractivity contribution in [1.82, 2.24) is 4.58 Å². The van der Waals surface area contributed by atoms with E-state index in [2.05, 4.69) is 0 Å². The van der Waals surface area contributed by atoms with Crippen molar-refractivity contribution >= 4 is 18.2 Å². The van der Waals surface area contributed by atoms with Crippen molar-refractivity contribution in [2.45, 2.75) is 0 Å². The third kappa shape index (κ3) is 1.79. The molecule has 0 aromatic carbocycles. The molecule has 10 nitrogen and oxygen atoms in total. The molecule has 0 radical (unpaired) electrons. The highest BCUT2D eigenvalue weighted by Gasteiger charge is 2.41. The molecule has 72 valence electrons. The Labute approximate surface area is 65.3 Å². The van der Waals surface area contributed by atoms with Gasteiger partial charge in [0.2, 0.25) is 5.03 Å². The first-order chi connectivity index (χ1) is 5.10. The van der Waals surface area contributed by atoms with E-state index in [-0.39, 0.29) is 0 Å². The highest BCUT2D eigenvalue weighted by Crippen LogP contribution is 2.04. The van der Waals surface area contributed by atoms with Gasteiger partial charge in [0.05, 0.1) is 0 Å². The van der Waals surface area contributed by atoms with Crippen LogP contribution in [-0.2, 0) is 18.2 Å². The summed E-state index contributed by atoms with van der Waals surface area (Å²) in [5.41, 5.74) is 0. The van der Waals surface area contributed by atoms with E-state index in [4.69, 9.17) is 9.76 Å². The average molecular weight is 222 g/mol. The molecule has 12 heavy (non-hydrogen) atoms. The van der Waals surface area contributed by atoms with Crippen LogP contribution in [0.1, 0.15) is 0 Å². The summed E-state index contributed by atoms with van der Waals surface area (Å²) < 4.78 is 46.2. The van der Waals surface area contributed by atoms with Crippen LogP contribution in [0, 0.1) is 10.1 Å². The highest BCUT2D eigenvalue weighted by atomic mass is 33.2. The third-order valence-electron chi connectivity index (χ3n) is 0.606. The van der Waals surface area contributed by atoms with Crippen LogP contribution in [0.2, 0.25) is 0 Å². The Morgan fingerprint density at radius 2 is 1.58 bits per heavy atom. The fraction of sp³-hybridized carbons (Fsp3) is 0. The topological polar surface area (TPSA) is 155 Å². The van der Waals surface area contributed by atoms with E-state index >= 15 is 0 Å². The molecule has 0 aromatic rings. The van der Waals surface area contributed by atoms with Gasteiger partial charge in [0.25, 0.3) is 0 Å². The van der Waals surface area contributed by atoms with Crippen LogP contribution in [0.25, 0.3) is 0 Å². The van der Waals surface area contributed by atoms with Crippen LogP contribution in [-0.4, -0.2) is 36.2 Å². The van der Waals surface area contributed by atoms with Gasteiger partial charge in [-0.2, -0.15) is 16.8 Å². The quantitative estimate of drug-likeness (QED) is 0.240. The number of nitro groups is 1. The van der Waals surface area contributed by atoms with E-state index in [1.165, 1.54) is 0 Å². The molecule has 12 heteroatoms. The van der Waals surface area contributed by atoms with Gasteiger partial charge in [-0.05, 0) is 0 Å². The van der Waals surface area contributed by atoms with E-state index < -0.39 is 27.8 Å². The lowest BCUT2D eigenvalue weighted by Crippen LogP contribution is -2.37. The zero-order valence-electron chi connectivity index (χ0n) is 5.05. The summed E-state index contributed by atoms with van der Waals surface area (Å²) in [6, 6.07) is 0. The lowest BCUT2D eigenvalue weighted by molar-refractivity contribution is -0.688. The van der Waals surface area contributed by atoms with Crippen molar-refractivity contribution < 1.29 is 31.6 Å². The Balaban J connectivity index is 5.33. The Kier molecular flexibility index (Phi) is 2.58. The van der Waals surface area contributed by atoms with Crippen LogP contribution in [0.3, 0.4) is 0 Å². The second-order valence-corrected chi connectivity index (χ2v) is 5.91. The maximum absolute atomic E-state index is 10.2. The molecule has 0 saturated heterocycles. The molecule has 2 N–H and O–H groups in total. The largest absolute Gasteiger partial charge is 0.441 e. The van der Waals surface area contributed by atoms with Crippen LogP contribution in [0.4, 0.5) is 0 Å². The van der Waals surface area contributed by atoms with Gasteiger partial charge in [-0.25, -0.2) is 15.3 Å². The number of nitrogens with zero attached hydrogens (tertiary/aromatic N) is 2. The zero-order chi connectivity index (χ0) is 10.2. The lowest BCUT2D eigenvalue weighted by atomic mass is 12.6. The number of hydrazine groups is 1. The summed E-state index contributed by atoms with van der Waals surface area (Å²) in [4.78, 5) is 9.52. The predicted octanol–water partition coefficient (Wildman–Crippen LogP) is -2.00. The highest BCUT2D eigenvalue weighted by molar-refractivity contribution is 8.63. The second kappa shape index (κ2) is 2.81. The summed E-state index contributed by atoms with van der Waals surface area (Å²) >= 11 is 0. The number of rotatable bonds is 3. The molecule has 0 rings (SSSR count). The Morgan fingerprint density at radius 1 is 1.25 bits per heavy atom. The summed E-state index contributed by atoms with van der Waals surface area (Å²) in [5, 5.41) is 15.6. The Bertz CT molecular complexity index is 371. The van der Waals surface area contributed by atoms with Crippen molar-refractivity contribution in [3.63, 3.8) is 0 Å². The predicted molar refractivity (Wildman–Crippen MR) is 31.1 cm³/mol. The molecule has 0 bridgehead atoms. The van der Waals surface area contributed by atoms with E-state index in [9.17, 15) is 26.9 Å². The number of hydrogen-bond donors (Lipinski definition) is 2. The molecule has 0 heterocycles. The zero-order valence-corrected chi connectivity index (χ0v) is 6.69. The summed E-state index contributed by atoms with van der Waals surface area (Å²) in [7, 11) is -11.5. The molecule has 0 atom stereocenters. The van der Waals surface area contributed by atoms with Crippen molar-refractivity contribution in [3.05, 3.63) is 10.1 Å². The molecule has 0 aromatic heterocycles. The summed E-state index contributed by atoms with van der Waals surface area (Å²) in [5.74, 6) is 0. The molecule has 0 amide bonds. The fourth-order valence-electron chi connectivity index (χ4n) is 0.166. The van der Waals surface area contributed by atoms with E-state index in [0.29, 0.717) is 0 Å². The molecular weight excluding hydrogens is 220 g/mol. The van der Waals surface area contributed by atoms with Gasteiger partial charge >= 0.3 is 18.2 Å². The van der Waals surface area contributed by atoms with Crippen LogP contribution in [0.5, 0.6) is 0 Å². The van der Waals surface area contributed by atoms with Crippen molar-refractivity contribution in [2.75, 3.05) is 0 Å². The summed E-state index contributed by atoms with van der Waals surface area (Å²) in [6.45, 7) is 0. The van der Waals surface area contributed by atoms with E-state index in [0.717, 1.165) is 0 Å². The minimum absolute atomic E-state index is 1.71. The average Bonchev–Trinajstić information content (AvgIpc) is 1.83. The smallest absolute Gasteiger partial charge is 0.272 e. The van der Waals surface area contributed by atoms with Gasteiger partial charge in [0.15, 0.2) is 0 Å². The summed E-state index contributed by atoms with van der Waals surface area (Å²) in [6.07, 6.45) is 0. The molecule has 0 saturated carbocycles. The van der Waals surface area contributed by atoms with Crippen molar-refractivity contribution in [3.8, 4) is 0 Å². The molecule has 0 unspecified atom stereocenters. The van der Waals surface area contributed by atoms with E-state index in [1.807, 2.05) is 0 Å². The second-order valence-electron chi connectivity index (χ2n) is 1.35. The van der Waals surface area contributed by atoms with Crippen LogP contribution in [0.15, 0.2) is 0 Å². The Hall–Kier alpha value is -0.980. The normalized spacial score (nSPS) is 12.5. The fourth-order valence-corrected chi connectivity index (χ4v) is 1.17. The first-order valence-electron chi connectivity index (χ1n) is 1.96. The molecule has 0 aliphatic carbocycles. The first kappa shape index (κ1) is 11.0. The lowest BCUT2D eigenvalue weighted by Gasteiger charge is -2.01. The van der Waals surface area contributed by atoms with E-state index in [1.54, 1.807) is 0 Å². The molecule has 0 aliphatic rings. The van der Waals surface area contributed by atoms with Crippen LogP contribution >= 0.6 is 0 Å². The maximum Gasteiger partial charge on any atom is 0.441 e. The van der Waals surface area contributed by atoms with Gasteiger partial charge in [-0.1, -0.05) is 0 Å². The van der Waals surface area contributed by atoms with Gasteiger partial charge in [-0.15, -0.1) is 0 Å². The first-order valence-corrected chi connectivity index (χ1v) is 5.36. The third-order valence-corrected chi connectivity index (χ3v) is 3.67. The SMILES string of the molecule is O=[N+]([O-])N(O)S(=O)(=O)S(=O)(=O)O. The Morgan fingerprint density at radius 3 is 1.67 bits per heavy atom. The van der Waals surface area contributed by atoms with Crippen molar-refractivity contribution in [2.24, 2.45) is 0 Å². The van der Waals surface area contributed by atoms with Gasteiger partial charge < -0.3 is 0 Å². The monoisotopic (exact) mass is 222 g/mol. The van der Waals surface area contributed by atoms with Crippen LogP contribution < -0.4 is 0 Å². The van der Waals surface area contributed by atoms with Gasteiger partial charge in [0, 0.05) is 0 Å². The number of hydrogen-bond acceptors (Lipinski definition) is 7. The molecule has 0 aliphatic heterocycles. The van der Waals surface area contributed by atoms with Gasteiger partial charge in [0.1, 0.15) is 4.58 Å². The molecular formula is H2N2O8S2. The molecule has 0 fully saturated rings. The molecule has 0 spiro atoms. The van der Waals surface area contributed by atoms with Gasteiger partial charge in [-0.3, -0.25) is 4.55 Å². The maximum atomic E-state index is 10.2. The standard InChI is InChI=1S/H2N2O8S2/c3-1(4)2(5)11(6,7)12(8,9)10/h5H,(H,8,9,10). The van der Waals surface area contributed by atoms with Crippen molar-refractivity contribution in [1.29, 1.82) is 0 Å². The minimum atomic E-state index is -5.76. The minimum Gasteiger partial charge on any atom is -0.272 e.